The summed E-state index contributed by atoms with van der Waals surface area (Å²) in [5, 5.41) is 6.64. The predicted octanol–water partition coefficient (Wildman–Crippen LogP) is 2.81. The zero-order valence-corrected chi connectivity index (χ0v) is 18.5. The van der Waals surface area contributed by atoms with Crippen molar-refractivity contribution in [3.05, 3.63) is 0 Å². The van der Waals surface area contributed by atoms with Crippen LogP contribution in [0.15, 0.2) is 4.99 Å². The highest BCUT2D eigenvalue weighted by atomic mass is 127. The SMILES string of the molecule is CCNC(=NCC1(CC(C)C)CCC1)NCC1CCS(=O)(=O)C1.I. The quantitative estimate of drug-likeness (QED) is 0.341. The number of nitrogens with one attached hydrogen (secondary N) is 2. The van der Waals surface area contributed by atoms with E-state index in [1.165, 1.54) is 25.7 Å². The number of hydrogen-bond donors (Lipinski definition) is 2. The van der Waals surface area contributed by atoms with Crippen molar-refractivity contribution in [3.8, 4) is 0 Å². The van der Waals surface area contributed by atoms with Crippen molar-refractivity contribution in [2.24, 2.45) is 22.2 Å². The Bertz CT molecular complexity index is 516. The Morgan fingerprint density at radius 3 is 2.46 bits per heavy atom. The highest BCUT2D eigenvalue weighted by Crippen LogP contribution is 2.46. The van der Waals surface area contributed by atoms with Gasteiger partial charge in [-0.2, -0.15) is 0 Å². The molecule has 2 rings (SSSR count). The van der Waals surface area contributed by atoms with Crippen LogP contribution in [-0.4, -0.2) is 45.5 Å². The monoisotopic (exact) mass is 471 g/mol. The number of guanidine groups is 1. The first kappa shape index (κ1) is 22.0. The molecule has 0 bridgehead atoms. The van der Waals surface area contributed by atoms with E-state index in [0.717, 1.165) is 25.5 Å². The summed E-state index contributed by atoms with van der Waals surface area (Å²) < 4.78 is 23.1. The summed E-state index contributed by atoms with van der Waals surface area (Å²) in [6, 6.07) is 0. The summed E-state index contributed by atoms with van der Waals surface area (Å²) >= 11 is 0. The van der Waals surface area contributed by atoms with E-state index in [1.807, 2.05) is 0 Å². The molecule has 5 nitrogen and oxygen atoms in total. The van der Waals surface area contributed by atoms with Crippen molar-refractivity contribution < 1.29 is 8.42 Å². The zero-order valence-electron chi connectivity index (χ0n) is 15.3. The Labute approximate surface area is 164 Å². The van der Waals surface area contributed by atoms with Crippen LogP contribution in [0, 0.1) is 17.3 Å². The largest absolute Gasteiger partial charge is 0.357 e. The van der Waals surface area contributed by atoms with Gasteiger partial charge in [0.2, 0.25) is 0 Å². The second kappa shape index (κ2) is 9.59. The molecule has 24 heavy (non-hydrogen) atoms. The minimum atomic E-state index is -2.80. The molecule has 0 aromatic heterocycles. The first-order chi connectivity index (χ1) is 10.8. The molecular weight excluding hydrogens is 437 g/mol. The van der Waals surface area contributed by atoms with Gasteiger partial charge in [0.1, 0.15) is 0 Å². The van der Waals surface area contributed by atoms with E-state index in [4.69, 9.17) is 4.99 Å². The van der Waals surface area contributed by atoms with E-state index in [0.29, 0.717) is 29.4 Å². The lowest BCUT2D eigenvalue weighted by atomic mass is 9.64. The van der Waals surface area contributed by atoms with Gasteiger partial charge in [0.15, 0.2) is 15.8 Å². The normalized spacial score (nSPS) is 25.0. The molecule has 1 heterocycles. The van der Waals surface area contributed by atoms with Crippen molar-refractivity contribution in [1.82, 2.24) is 10.6 Å². The summed E-state index contributed by atoms with van der Waals surface area (Å²) in [5.41, 5.74) is 0.396. The smallest absolute Gasteiger partial charge is 0.191 e. The summed E-state index contributed by atoms with van der Waals surface area (Å²) in [6.07, 6.45) is 5.92. The number of rotatable bonds is 7. The van der Waals surface area contributed by atoms with Gasteiger partial charge in [0.25, 0.3) is 0 Å². The molecule has 2 fully saturated rings. The van der Waals surface area contributed by atoms with Gasteiger partial charge < -0.3 is 10.6 Å². The lowest BCUT2D eigenvalue weighted by molar-refractivity contribution is 0.111. The second-order valence-electron chi connectivity index (χ2n) is 7.80. The molecule has 1 saturated heterocycles. The van der Waals surface area contributed by atoms with E-state index in [9.17, 15) is 8.42 Å². The molecular formula is C17H34IN3O2S. The molecule has 1 saturated carbocycles. The Hall–Kier alpha value is -0.0500. The van der Waals surface area contributed by atoms with Crippen molar-refractivity contribution in [2.75, 3.05) is 31.1 Å². The predicted molar refractivity (Wildman–Crippen MR) is 112 cm³/mol. The van der Waals surface area contributed by atoms with Crippen LogP contribution in [-0.2, 0) is 9.84 Å². The van der Waals surface area contributed by atoms with Crippen LogP contribution in [0.1, 0.15) is 52.9 Å². The number of nitrogens with zero attached hydrogens (tertiary/aromatic N) is 1. The van der Waals surface area contributed by atoms with Crippen LogP contribution in [0.4, 0.5) is 0 Å². The van der Waals surface area contributed by atoms with Gasteiger partial charge in [-0.25, -0.2) is 8.42 Å². The number of aliphatic imine (C=N–C) groups is 1. The Balaban J connectivity index is 0.00000288. The van der Waals surface area contributed by atoms with E-state index in [1.54, 1.807) is 0 Å². The Morgan fingerprint density at radius 2 is 2.00 bits per heavy atom. The van der Waals surface area contributed by atoms with Gasteiger partial charge in [0, 0.05) is 19.6 Å². The van der Waals surface area contributed by atoms with Crippen molar-refractivity contribution in [2.45, 2.75) is 52.9 Å². The van der Waals surface area contributed by atoms with Crippen LogP contribution < -0.4 is 10.6 Å². The van der Waals surface area contributed by atoms with E-state index in [2.05, 4.69) is 31.4 Å². The minimum absolute atomic E-state index is 0. The van der Waals surface area contributed by atoms with Crippen LogP contribution in [0.2, 0.25) is 0 Å². The third-order valence-electron chi connectivity index (χ3n) is 5.06. The number of hydrogen-bond acceptors (Lipinski definition) is 3. The maximum absolute atomic E-state index is 11.5. The number of sulfone groups is 1. The summed E-state index contributed by atoms with van der Waals surface area (Å²) in [5.74, 6) is 2.43. The van der Waals surface area contributed by atoms with Gasteiger partial charge in [0.05, 0.1) is 11.5 Å². The van der Waals surface area contributed by atoms with Gasteiger partial charge in [-0.3, -0.25) is 4.99 Å². The molecule has 1 atom stereocenters. The molecule has 0 aromatic rings. The summed E-state index contributed by atoms with van der Waals surface area (Å²) in [4.78, 5) is 4.80. The average Bonchev–Trinajstić information content (AvgIpc) is 2.77. The Morgan fingerprint density at radius 1 is 1.29 bits per heavy atom. The first-order valence-corrected chi connectivity index (χ1v) is 10.9. The summed E-state index contributed by atoms with van der Waals surface area (Å²) in [7, 11) is -2.80. The van der Waals surface area contributed by atoms with Crippen LogP contribution in [0.25, 0.3) is 0 Å². The van der Waals surface area contributed by atoms with E-state index >= 15 is 0 Å². The molecule has 7 heteroatoms. The van der Waals surface area contributed by atoms with Gasteiger partial charge in [-0.15, -0.1) is 24.0 Å². The Kier molecular flexibility index (Phi) is 8.79. The van der Waals surface area contributed by atoms with Crippen LogP contribution in [0.3, 0.4) is 0 Å². The molecule has 0 amide bonds. The molecule has 1 aliphatic carbocycles. The lowest BCUT2D eigenvalue weighted by Crippen LogP contribution is -2.42. The fourth-order valence-corrected chi connectivity index (χ4v) is 5.69. The van der Waals surface area contributed by atoms with Crippen LogP contribution >= 0.6 is 24.0 Å². The molecule has 2 aliphatic rings. The maximum atomic E-state index is 11.5. The maximum Gasteiger partial charge on any atom is 0.191 e. The zero-order chi connectivity index (χ0) is 16.9. The van der Waals surface area contributed by atoms with Crippen molar-refractivity contribution in [1.29, 1.82) is 0 Å². The van der Waals surface area contributed by atoms with E-state index < -0.39 is 9.84 Å². The van der Waals surface area contributed by atoms with Crippen molar-refractivity contribution >= 4 is 39.8 Å². The molecule has 142 valence electrons. The molecule has 0 radical (unpaired) electrons. The molecule has 2 N–H and O–H groups in total. The van der Waals surface area contributed by atoms with E-state index in [-0.39, 0.29) is 29.9 Å². The third kappa shape index (κ3) is 6.69. The second-order valence-corrected chi connectivity index (χ2v) is 10.0. The van der Waals surface area contributed by atoms with Gasteiger partial charge in [-0.1, -0.05) is 20.3 Å². The fraction of sp³-hybridized carbons (Fsp3) is 0.941. The molecule has 0 aromatic carbocycles. The molecule has 0 spiro atoms. The van der Waals surface area contributed by atoms with Gasteiger partial charge >= 0.3 is 0 Å². The highest BCUT2D eigenvalue weighted by molar-refractivity contribution is 14.0. The van der Waals surface area contributed by atoms with Gasteiger partial charge in [-0.05, 0) is 49.9 Å². The topological polar surface area (TPSA) is 70.6 Å². The molecule has 1 unspecified atom stereocenters. The van der Waals surface area contributed by atoms with Crippen LogP contribution in [0.5, 0.6) is 0 Å². The number of halogens is 1. The highest BCUT2D eigenvalue weighted by Gasteiger charge is 2.37. The fourth-order valence-electron chi connectivity index (χ4n) is 3.83. The summed E-state index contributed by atoms with van der Waals surface area (Å²) in [6.45, 7) is 9.03. The minimum Gasteiger partial charge on any atom is -0.357 e. The lowest BCUT2D eigenvalue weighted by Gasteiger charge is -2.42. The molecule has 1 aliphatic heterocycles. The van der Waals surface area contributed by atoms with Crippen molar-refractivity contribution in [3.63, 3.8) is 0 Å². The third-order valence-corrected chi connectivity index (χ3v) is 6.89. The average molecular weight is 471 g/mol. The standard InChI is InChI=1S/C17H33N3O2S.HI/c1-4-18-16(19-11-15-6-9-23(21,22)12-15)20-13-17(7-5-8-17)10-14(2)3;/h14-15H,4-13H2,1-3H3,(H2,18,19,20);1H. The first-order valence-electron chi connectivity index (χ1n) is 9.07.